The number of rotatable bonds is 6. The molecule has 0 aromatic carbocycles. The lowest BCUT2D eigenvalue weighted by atomic mass is 10.1. The fourth-order valence-electron chi connectivity index (χ4n) is 3.28. The summed E-state index contributed by atoms with van der Waals surface area (Å²) in [7, 11) is 1.37. The molecule has 0 fully saturated rings. The number of fused-ring (bicyclic) bond motifs is 2. The molecule has 0 bridgehead atoms. The quantitative estimate of drug-likeness (QED) is 0.354. The van der Waals surface area contributed by atoms with Crippen LogP contribution in [0.5, 0.6) is 0 Å². The van der Waals surface area contributed by atoms with Crippen molar-refractivity contribution in [2.45, 2.75) is 37.6 Å². The number of thiophene rings is 2. The van der Waals surface area contributed by atoms with E-state index < -0.39 is 0 Å². The fraction of sp³-hybridized carbons (Fsp3) is 0.368. The van der Waals surface area contributed by atoms with Gasteiger partial charge >= 0.3 is 5.97 Å². The third-order valence-electron chi connectivity index (χ3n) is 4.60. The molecule has 146 valence electrons. The summed E-state index contributed by atoms with van der Waals surface area (Å²) in [6.45, 7) is 2.11. The Hall–Kier alpha value is -1.97. The predicted octanol–water partition coefficient (Wildman–Crippen LogP) is 4.32. The molecule has 9 heteroatoms. The highest BCUT2D eigenvalue weighted by molar-refractivity contribution is 8.00. The number of anilines is 1. The van der Waals surface area contributed by atoms with Crippen molar-refractivity contribution in [2.75, 3.05) is 18.2 Å². The van der Waals surface area contributed by atoms with Gasteiger partial charge < -0.3 is 10.1 Å². The predicted molar refractivity (Wildman–Crippen MR) is 114 cm³/mol. The molecule has 1 amide bonds. The molecule has 3 aromatic rings. The molecule has 0 saturated heterocycles. The Balaban J connectivity index is 1.49. The molecule has 0 spiro atoms. The van der Waals surface area contributed by atoms with Crippen LogP contribution < -0.4 is 5.32 Å². The smallest absolute Gasteiger partial charge is 0.341 e. The first-order valence-corrected chi connectivity index (χ1v) is 11.6. The van der Waals surface area contributed by atoms with Crippen molar-refractivity contribution in [3.05, 3.63) is 33.3 Å². The SMILES string of the molecule is CCc1cc2c(SCC(=O)Nc3sc4c(c3C(=O)OC)CCC4)ncnc2s1. The lowest BCUT2D eigenvalue weighted by Gasteiger charge is -2.07. The minimum Gasteiger partial charge on any atom is -0.465 e. The van der Waals surface area contributed by atoms with Gasteiger partial charge in [0, 0.05) is 15.1 Å². The Labute approximate surface area is 174 Å². The summed E-state index contributed by atoms with van der Waals surface area (Å²) < 4.78 is 4.93. The average molecular weight is 434 g/mol. The Morgan fingerprint density at radius 3 is 2.93 bits per heavy atom. The molecule has 3 heterocycles. The minimum atomic E-state index is -0.384. The Morgan fingerprint density at radius 2 is 2.14 bits per heavy atom. The van der Waals surface area contributed by atoms with E-state index in [9.17, 15) is 9.59 Å². The second kappa shape index (κ2) is 8.18. The van der Waals surface area contributed by atoms with E-state index in [0.29, 0.717) is 10.6 Å². The van der Waals surface area contributed by atoms with Crippen LogP contribution in [0.4, 0.5) is 5.00 Å². The summed E-state index contributed by atoms with van der Waals surface area (Å²) in [5.74, 6) is -0.329. The van der Waals surface area contributed by atoms with E-state index in [0.717, 1.165) is 46.5 Å². The van der Waals surface area contributed by atoms with E-state index in [-0.39, 0.29) is 17.6 Å². The van der Waals surface area contributed by atoms with Gasteiger partial charge in [-0.3, -0.25) is 4.79 Å². The molecule has 6 nitrogen and oxygen atoms in total. The maximum absolute atomic E-state index is 12.6. The van der Waals surface area contributed by atoms with Gasteiger partial charge in [-0.25, -0.2) is 14.8 Å². The van der Waals surface area contributed by atoms with Crippen molar-refractivity contribution in [1.82, 2.24) is 9.97 Å². The van der Waals surface area contributed by atoms with E-state index >= 15 is 0 Å². The van der Waals surface area contributed by atoms with Gasteiger partial charge in [0.2, 0.25) is 5.91 Å². The first-order chi connectivity index (χ1) is 13.6. The molecule has 28 heavy (non-hydrogen) atoms. The highest BCUT2D eigenvalue weighted by Crippen LogP contribution is 2.39. The zero-order valence-corrected chi connectivity index (χ0v) is 18.0. The van der Waals surface area contributed by atoms with Crippen molar-refractivity contribution in [3.8, 4) is 0 Å². The molecule has 1 aliphatic rings. The number of nitrogens with zero attached hydrogens (tertiary/aromatic N) is 2. The second-order valence-electron chi connectivity index (χ2n) is 6.35. The third kappa shape index (κ3) is 3.66. The Morgan fingerprint density at radius 1 is 1.29 bits per heavy atom. The van der Waals surface area contributed by atoms with Gasteiger partial charge in [-0.05, 0) is 37.3 Å². The van der Waals surface area contributed by atoms with E-state index in [4.69, 9.17) is 4.74 Å². The highest BCUT2D eigenvalue weighted by Gasteiger charge is 2.28. The number of amides is 1. The van der Waals surface area contributed by atoms with Crippen molar-refractivity contribution >= 4 is 61.5 Å². The van der Waals surface area contributed by atoms with Gasteiger partial charge in [0.05, 0.1) is 18.4 Å². The number of carbonyl (C=O) groups excluding carboxylic acids is 2. The summed E-state index contributed by atoms with van der Waals surface area (Å²) in [6, 6.07) is 2.10. The molecular weight excluding hydrogens is 414 g/mol. The number of ether oxygens (including phenoxy) is 1. The molecule has 0 aliphatic heterocycles. The van der Waals surface area contributed by atoms with Gasteiger partial charge in [-0.15, -0.1) is 22.7 Å². The van der Waals surface area contributed by atoms with Crippen LogP contribution in [0, 0.1) is 0 Å². The number of hydrogen-bond acceptors (Lipinski definition) is 8. The van der Waals surface area contributed by atoms with Crippen LogP contribution in [0.15, 0.2) is 17.4 Å². The monoisotopic (exact) mass is 433 g/mol. The number of esters is 1. The van der Waals surface area contributed by atoms with Crippen LogP contribution in [0.2, 0.25) is 0 Å². The topological polar surface area (TPSA) is 81.2 Å². The van der Waals surface area contributed by atoms with Crippen LogP contribution in [-0.4, -0.2) is 34.7 Å². The normalized spacial score (nSPS) is 12.9. The number of nitrogens with one attached hydrogen (secondary N) is 1. The zero-order valence-electron chi connectivity index (χ0n) is 15.5. The lowest BCUT2D eigenvalue weighted by molar-refractivity contribution is -0.113. The number of thioether (sulfide) groups is 1. The van der Waals surface area contributed by atoms with Crippen LogP contribution in [0.1, 0.15) is 39.0 Å². The molecular formula is C19H19N3O3S3. The summed E-state index contributed by atoms with van der Waals surface area (Å²) in [4.78, 5) is 36.8. The molecule has 0 saturated carbocycles. The van der Waals surface area contributed by atoms with Crippen LogP contribution >= 0.6 is 34.4 Å². The van der Waals surface area contributed by atoms with E-state index in [2.05, 4.69) is 28.3 Å². The van der Waals surface area contributed by atoms with Crippen molar-refractivity contribution in [1.29, 1.82) is 0 Å². The van der Waals surface area contributed by atoms with Gasteiger partial charge in [0.1, 0.15) is 21.2 Å². The van der Waals surface area contributed by atoms with E-state index in [1.807, 2.05) is 0 Å². The molecule has 1 aliphatic carbocycles. The fourth-order valence-corrected chi connectivity index (χ4v) is 6.35. The average Bonchev–Trinajstić information content (AvgIpc) is 3.39. The molecule has 3 aromatic heterocycles. The number of aromatic nitrogens is 2. The van der Waals surface area contributed by atoms with Crippen LogP contribution in [0.25, 0.3) is 10.2 Å². The maximum Gasteiger partial charge on any atom is 0.341 e. The summed E-state index contributed by atoms with van der Waals surface area (Å²) in [5.41, 5.74) is 1.55. The second-order valence-corrected chi connectivity index (χ2v) is 9.54. The zero-order chi connectivity index (χ0) is 19.7. The first kappa shape index (κ1) is 19.4. The molecule has 1 N–H and O–H groups in total. The van der Waals surface area contributed by atoms with E-state index in [1.54, 1.807) is 11.3 Å². The molecule has 4 rings (SSSR count). The largest absolute Gasteiger partial charge is 0.465 e. The van der Waals surface area contributed by atoms with Crippen molar-refractivity contribution < 1.29 is 14.3 Å². The first-order valence-electron chi connectivity index (χ1n) is 8.99. The van der Waals surface area contributed by atoms with E-state index in [1.165, 1.54) is 46.3 Å². The number of carbonyl (C=O) groups is 2. The van der Waals surface area contributed by atoms with Crippen LogP contribution in [-0.2, 0) is 28.8 Å². The van der Waals surface area contributed by atoms with Gasteiger partial charge in [0.25, 0.3) is 0 Å². The third-order valence-corrected chi connectivity index (χ3v) is 8.00. The molecule has 0 unspecified atom stereocenters. The minimum absolute atomic E-state index is 0.159. The van der Waals surface area contributed by atoms with Crippen molar-refractivity contribution in [3.63, 3.8) is 0 Å². The molecule has 0 radical (unpaired) electrons. The summed E-state index contributed by atoms with van der Waals surface area (Å²) in [5, 5.41) is 5.30. The van der Waals surface area contributed by atoms with Gasteiger partial charge in [-0.1, -0.05) is 18.7 Å². The van der Waals surface area contributed by atoms with Gasteiger partial charge in [-0.2, -0.15) is 0 Å². The maximum atomic E-state index is 12.6. The van der Waals surface area contributed by atoms with Gasteiger partial charge in [0.15, 0.2) is 0 Å². The summed E-state index contributed by atoms with van der Waals surface area (Å²) in [6.07, 6.45) is 5.34. The summed E-state index contributed by atoms with van der Waals surface area (Å²) >= 11 is 4.52. The standard InChI is InChI=1S/C19H19N3O3S3/c1-3-10-7-12-16(20-9-21-17(12)27-10)26-8-14(23)22-18-15(19(24)25-2)11-5-4-6-13(11)28-18/h7,9H,3-6,8H2,1-2H3,(H,22,23). The Bertz CT molecular complexity index is 1060. The van der Waals surface area contributed by atoms with Crippen LogP contribution in [0.3, 0.4) is 0 Å². The lowest BCUT2D eigenvalue weighted by Crippen LogP contribution is -2.16. The number of methoxy groups -OCH3 is 1. The Kier molecular flexibility index (Phi) is 5.65. The highest BCUT2D eigenvalue weighted by atomic mass is 32.2. The number of aryl methyl sites for hydroxylation is 2. The van der Waals surface area contributed by atoms with Crippen molar-refractivity contribution in [2.24, 2.45) is 0 Å². The number of hydrogen-bond donors (Lipinski definition) is 1. The molecule has 0 atom stereocenters.